The normalized spacial score (nSPS) is 10.6. The topological polar surface area (TPSA) is 17.1 Å². The minimum absolute atomic E-state index is 0.227. The highest BCUT2D eigenvalue weighted by Crippen LogP contribution is 2.17. The average molecular weight is 277 g/mol. The molecule has 0 aliphatic carbocycles. The van der Waals surface area contributed by atoms with Gasteiger partial charge in [0, 0.05) is 17.3 Å². The Labute approximate surface area is 104 Å². The molecule has 1 nitrogen and oxygen atoms in total. The number of hydrogen-bond acceptors (Lipinski definition) is 1. The van der Waals surface area contributed by atoms with Gasteiger partial charge in [-0.05, 0) is 23.3 Å². The lowest BCUT2D eigenvalue weighted by molar-refractivity contribution is 0.0982. The monoisotopic (exact) mass is 276 g/mol. The molecule has 2 rings (SSSR count). The van der Waals surface area contributed by atoms with Gasteiger partial charge in [0.2, 0.25) is 0 Å². The number of alkyl halides is 1. The second kappa shape index (κ2) is 5.26. The standard InChI is InChI=1S/C14H13BrO/c15-9-3-6-14(16)13-8-7-11-4-1-2-5-12(11)10-13/h1-2,4-5,7-8,10H,3,6,9H2. The number of rotatable bonds is 4. The van der Waals surface area contributed by atoms with Crippen LogP contribution >= 0.6 is 15.9 Å². The van der Waals surface area contributed by atoms with Crippen LogP contribution in [0.3, 0.4) is 0 Å². The zero-order valence-corrected chi connectivity index (χ0v) is 10.5. The van der Waals surface area contributed by atoms with Crippen molar-refractivity contribution in [2.75, 3.05) is 5.33 Å². The van der Waals surface area contributed by atoms with Crippen LogP contribution in [0.1, 0.15) is 23.2 Å². The molecule has 0 unspecified atom stereocenters. The first-order valence-electron chi connectivity index (χ1n) is 5.39. The highest BCUT2D eigenvalue weighted by atomic mass is 79.9. The van der Waals surface area contributed by atoms with Gasteiger partial charge in [0.15, 0.2) is 5.78 Å². The summed E-state index contributed by atoms with van der Waals surface area (Å²) in [5, 5.41) is 3.19. The molecule has 82 valence electrons. The maximum Gasteiger partial charge on any atom is 0.162 e. The number of halogens is 1. The van der Waals surface area contributed by atoms with Crippen molar-refractivity contribution in [3.05, 3.63) is 48.0 Å². The summed E-state index contributed by atoms with van der Waals surface area (Å²) in [4.78, 5) is 11.8. The van der Waals surface area contributed by atoms with Gasteiger partial charge >= 0.3 is 0 Å². The van der Waals surface area contributed by atoms with E-state index >= 15 is 0 Å². The van der Waals surface area contributed by atoms with Crippen LogP contribution in [0.5, 0.6) is 0 Å². The Morgan fingerprint density at radius 1 is 1.06 bits per heavy atom. The minimum atomic E-state index is 0.227. The average Bonchev–Trinajstić information content (AvgIpc) is 2.35. The molecule has 0 spiro atoms. The van der Waals surface area contributed by atoms with E-state index in [1.54, 1.807) is 0 Å². The van der Waals surface area contributed by atoms with E-state index in [0.29, 0.717) is 6.42 Å². The molecular formula is C14H13BrO. The van der Waals surface area contributed by atoms with Gasteiger partial charge in [0.05, 0.1) is 0 Å². The van der Waals surface area contributed by atoms with E-state index in [0.717, 1.165) is 22.7 Å². The van der Waals surface area contributed by atoms with E-state index in [1.807, 2.05) is 36.4 Å². The van der Waals surface area contributed by atoms with Crippen LogP contribution in [0.15, 0.2) is 42.5 Å². The van der Waals surface area contributed by atoms with Crippen molar-refractivity contribution in [2.45, 2.75) is 12.8 Å². The van der Waals surface area contributed by atoms with Crippen LogP contribution < -0.4 is 0 Å². The van der Waals surface area contributed by atoms with Gasteiger partial charge in [0.1, 0.15) is 0 Å². The highest BCUT2D eigenvalue weighted by molar-refractivity contribution is 9.09. The first kappa shape index (κ1) is 11.3. The number of ketones is 1. The summed E-state index contributed by atoms with van der Waals surface area (Å²) >= 11 is 3.34. The first-order chi connectivity index (χ1) is 7.81. The van der Waals surface area contributed by atoms with Crippen molar-refractivity contribution < 1.29 is 4.79 Å². The van der Waals surface area contributed by atoms with Crippen LogP contribution in [0, 0.1) is 0 Å². The molecule has 0 aliphatic heterocycles. The molecule has 0 bridgehead atoms. The molecule has 0 amide bonds. The third kappa shape index (κ3) is 2.50. The number of benzene rings is 2. The molecule has 0 N–H and O–H groups in total. The molecule has 2 aromatic rings. The number of hydrogen-bond donors (Lipinski definition) is 0. The fraction of sp³-hybridized carbons (Fsp3) is 0.214. The molecule has 16 heavy (non-hydrogen) atoms. The highest BCUT2D eigenvalue weighted by Gasteiger charge is 2.05. The minimum Gasteiger partial charge on any atom is -0.294 e. The Hall–Kier alpha value is -1.15. The van der Waals surface area contributed by atoms with E-state index in [4.69, 9.17) is 0 Å². The Morgan fingerprint density at radius 3 is 2.56 bits per heavy atom. The van der Waals surface area contributed by atoms with E-state index < -0.39 is 0 Å². The largest absolute Gasteiger partial charge is 0.294 e. The predicted octanol–water partition coefficient (Wildman–Crippen LogP) is 4.20. The maximum absolute atomic E-state index is 11.8. The third-order valence-electron chi connectivity index (χ3n) is 2.61. The zero-order valence-electron chi connectivity index (χ0n) is 8.95. The predicted molar refractivity (Wildman–Crippen MR) is 71.3 cm³/mol. The van der Waals surface area contributed by atoms with Gasteiger partial charge in [-0.15, -0.1) is 0 Å². The van der Waals surface area contributed by atoms with Crippen molar-refractivity contribution in [3.63, 3.8) is 0 Å². The second-order valence-electron chi connectivity index (χ2n) is 3.78. The third-order valence-corrected chi connectivity index (χ3v) is 3.17. The molecule has 0 fully saturated rings. The van der Waals surface area contributed by atoms with E-state index in [2.05, 4.69) is 22.0 Å². The maximum atomic E-state index is 11.8. The van der Waals surface area contributed by atoms with E-state index in [-0.39, 0.29) is 5.78 Å². The number of Topliss-reactive ketones (excluding diaryl/α,β-unsaturated/α-hetero) is 1. The lowest BCUT2D eigenvalue weighted by atomic mass is 10.0. The van der Waals surface area contributed by atoms with Gasteiger partial charge in [-0.3, -0.25) is 4.79 Å². The number of carbonyl (C=O) groups is 1. The van der Waals surface area contributed by atoms with Gasteiger partial charge < -0.3 is 0 Å². The van der Waals surface area contributed by atoms with Crippen molar-refractivity contribution in [1.82, 2.24) is 0 Å². The smallest absolute Gasteiger partial charge is 0.162 e. The molecule has 0 saturated heterocycles. The van der Waals surface area contributed by atoms with Gasteiger partial charge in [0.25, 0.3) is 0 Å². The molecule has 0 heterocycles. The summed E-state index contributed by atoms with van der Waals surface area (Å²) in [5.41, 5.74) is 0.819. The van der Waals surface area contributed by atoms with Crippen LogP contribution in [-0.2, 0) is 0 Å². The van der Waals surface area contributed by atoms with E-state index in [1.165, 1.54) is 5.39 Å². The van der Waals surface area contributed by atoms with Crippen molar-refractivity contribution in [2.24, 2.45) is 0 Å². The van der Waals surface area contributed by atoms with Crippen LogP contribution in [0.2, 0.25) is 0 Å². The second-order valence-corrected chi connectivity index (χ2v) is 4.57. The molecule has 0 atom stereocenters. The molecule has 0 radical (unpaired) electrons. The molecule has 0 aliphatic rings. The van der Waals surface area contributed by atoms with E-state index in [9.17, 15) is 4.79 Å². The fourth-order valence-corrected chi connectivity index (χ4v) is 2.01. The summed E-state index contributed by atoms with van der Waals surface area (Å²) in [7, 11) is 0. The Morgan fingerprint density at radius 2 is 1.81 bits per heavy atom. The Kier molecular flexibility index (Phi) is 3.73. The molecule has 0 saturated carbocycles. The molecule has 2 heteroatoms. The lowest BCUT2D eigenvalue weighted by Crippen LogP contribution is -1.98. The van der Waals surface area contributed by atoms with Crippen molar-refractivity contribution in [3.8, 4) is 0 Å². The Balaban J connectivity index is 2.28. The summed E-state index contributed by atoms with van der Waals surface area (Å²) < 4.78 is 0. The molecular weight excluding hydrogens is 264 g/mol. The number of carbonyl (C=O) groups excluding carboxylic acids is 1. The summed E-state index contributed by atoms with van der Waals surface area (Å²) in [6.07, 6.45) is 1.51. The first-order valence-corrected chi connectivity index (χ1v) is 6.51. The molecule has 2 aromatic carbocycles. The van der Waals surface area contributed by atoms with Gasteiger partial charge in [-0.2, -0.15) is 0 Å². The summed E-state index contributed by atoms with van der Waals surface area (Å²) in [5.74, 6) is 0.227. The summed E-state index contributed by atoms with van der Waals surface area (Å²) in [6, 6.07) is 14.0. The molecule has 0 aromatic heterocycles. The summed E-state index contributed by atoms with van der Waals surface area (Å²) in [6.45, 7) is 0. The van der Waals surface area contributed by atoms with Crippen LogP contribution in [-0.4, -0.2) is 11.1 Å². The SMILES string of the molecule is O=C(CCCBr)c1ccc2ccccc2c1. The van der Waals surface area contributed by atoms with Crippen LogP contribution in [0.4, 0.5) is 0 Å². The van der Waals surface area contributed by atoms with Crippen molar-refractivity contribution >= 4 is 32.5 Å². The van der Waals surface area contributed by atoms with Crippen molar-refractivity contribution in [1.29, 1.82) is 0 Å². The zero-order chi connectivity index (χ0) is 11.4. The quantitative estimate of drug-likeness (QED) is 0.604. The van der Waals surface area contributed by atoms with Gasteiger partial charge in [-0.25, -0.2) is 0 Å². The Bertz CT molecular complexity index is 505. The van der Waals surface area contributed by atoms with Crippen LogP contribution in [0.25, 0.3) is 10.8 Å². The lowest BCUT2D eigenvalue weighted by Gasteiger charge is -2.02. The number of fused-ring (bicyclic) bond motifs is 1. The van der Waals surface area contributed by atoms with Gasteiger partial charge in [-0.1, -0.05) is 52.3 Å². The fourth-order valence-electron chi connectivity index (χ4n) is 1.73.